The highest BCUT2D eigenvalue weighted by atomic mass is 16.3. The van der Waals surface area contributed by atoms with Crippen LogP contribution in [0.15, 0.2) is 76.1 Å². The van der Waals surface area contributed by atoms with Gasteiger partial charge in [0.05, 0.1) is 18.3 Å². The highest BCUT2D eigenvalue weighted by Crippen LogP contribution is 2.20. The number of carbonyl (C=O) groups excluding carboxylic acids is 1. The maximum absolute atomic E-state index is 13.0. The van der Waals surface area contributed by atoms with Crippen LogP contribution in [0.1, 0.15) is 32.8 Å². The second kappa shape index (κ2) is 7.80. The van der Waals surface area contributed by atoms with Crippen molar-refractivity contribution >= 4 is 16.8 Å². The molecule has 0 aliphatic carbocycles. The lowest BCUT2D eigenvalue weighted by Crippen LogP contribution is -2.32. The van der Waals surface area contributed by atoms with Gasteiger partial charge in [-0.1, -0.05) is 42.0 Å². The molecule has 4 rings (SSSR count). The van der Waals surface area contributed by atoms with Crippen molar-refractivity contribution in [3.63, 3.8) is 0 Å². The number of rotatable bonds is 5. The van der Waals surface area contributed by atoms with Gasteiger partial charge >= 0.3 is 0 Å². The molecule has 2 aromatic heterocycles. The molecule has 5 nitrogen and oxygen atoms in total. The molecule has 0 saturated heterocycles. The Labute approximate surface area is 168 Å². The highest BCUT2D eigenvalue weighted by Gasteiger charge is 2.20. The quantitative estimate of drug-likeness (QED) is 0.546. The van der Waals surface area contributed by atoms with Gasteiger partial charge in [-0.25, -0.2) is 0 Å². The predicted octanol–water partition coefficient (Wildman–Crippen LogP) is 4.58. The van der Waals surface area contributed by atoms with Crippen molar-refractivity contribution in [1.29, 1.82) is 0 Å². The van der Waals surface area contributed by atoms with Crippen molar-refractivity contribution in [2.24, 2.45) is 0 Å². The Hall–Kier alpha value is -3.60. The molecule has 0 atom stereocenters. The molecule has 0 aliphatic heterocycles. The summed E-state index contributed by atoms with van der Waals surface area (Å²) < 4.78 is 5.31. The predicted molar refractivity (Wildman–Crippen MR) is 113 cm³/mol. The van der Waals surface area contributed by atoms with Crippen LogP contribution in [0, 0.1) is 13.8 Å². The van der Waals surface area contributed by atoms with Crippen molar-refractivity contribution < 1.29 is 9.21 Å². The standard InChI is InChI=1S/C24H22N2O3/c1-16-11-17(2)22-19(12-16)13-20(23(27)25-22)15-26(14-18-7-4-3-5-8-18)24(28)21-9-6-10-29-21/h3-13H,14-15H2,1-2H3,(H,25,27). The topological polar surface area (TPSA) is 66.3 Å². The van der Waals surface area contributed by atoms with Gasteiger partial charge < -0.3 is 14.3 Å². The van der Waals surface area contributed by atoms with Crippen LogP contribution >= 0.6 is 0 Å². The average Bonchev–Trinajstić information content (AvgIpc) is 3.24. The molecule has 29 heavy (non-hydrogen) atoms. The zero-order chi connectivity index (χ0) is 20.4. The molecule has 1 N–H and O–H groups in total. The first kappa shape index (κ1) is 18.7. The maximum Gasteiger partial charge on any atom is 0.290 e. The van der Waals surface area contributed by atoms with Crippen LogP contribution in [0.2, 0.25) is 0 Å². The number of hydrogen-bond acceptors (Lipinski definition) is 3. The molecule has 2 heterocycles. The first-order valence-corrected chi connectivity index (χ1v) is 9.51. The smallest absolute Gasteiger partial charge is 0.290 e. The number of H-pyrrole nitrogens is 1. The Kier molecular flexibility index (Phi) is 5.04. The van der Waals surface area contributed by atoms with E-state index in [-0.39, 0.29) is 23.8 Å². The van der Waals surface area contributed by atoms with Crippen molar-refractivity contribution in [3.05, 3.63) is 105 Å². The summed E-state index contributed by atoms with van der Waals surface area (Å²) in [6, 6.07) is 19.0. The number of nitrogens with zero attached hydrogens (tertiary/aromatic N) is 1. The van der Waals surface area contributed by atoms with Crippen LogP contribution in [-0.4, -0.2) is 15.8 Å². The van der Waals surface area contributed by atoms with Gasteiger partial charge in [0.1, 0.15) is 0 Å². The number of pyridine rings is 1. The number of aromatic amines is 1. The lowest BCUT2D eigenvalue weighted by Gasteiger charge is -2.22. The van der Waals surface area contributed by atoms with Crippen molar-refractivity contribution in [1.82, 2.24) is 9.88 Å². The molecule has 0 radical (unpaired) electrons. The van der Waals surface area contributed by atoms with Crippen molar-refractivity contribution in [2.75, 3.05) is 0 Å². The summed E-state index contributed by atoms with van der Waals surface area (Å²) in [6.45, 7) is 4.57. The van der Waals surface area contributed by atoms with E-state index >= 15 is 0 Å². The molecule has 4 aromatic rings. The molecule has 0 saturated carbocycles. The fourth-order valence-electron chi connectivity index (χ4n) is 3.61. The van der Waals surface area contributed by atoms with Crippen LogP contribution in [-0.2, 0) is 13.1 Å². The molecule has 5 heteroatoms. The Morgan fingerprint density at radius 1 is 1.00 bits per heavy atom. The molecule has 0 unspecified atom stereocenters. The van der Waals surface area contributed by atoms with E-state index < -0.39 is 0 Å². The summed E-state index contributed by atoms with van der Waals surface area (Å²) in [5.41, 5.74) is 4.32. The lowest BCUT2D eigenvalue weighted by molar-refractivity contribution is 0.0697. The van der Waals surface area contributed by atoms with Gasteiger partial charge in [-0.3, -0.25) is 9.59 Å². The number of amides is 1. The van der Waals surface area contributed by atoms with Gasteiger partial charge in [0, 0.05) is 12.1 Å². The highest BCUT2D eigenvalue weighted by molar-refractivity contribution is 5.91. The van der Waals surface area contributed by atoms with Crippen molar-refractivity contribution in [2.45, 2.75) is 26.9 Å². The molecule has 2 aromatic carbocycles. The summed E-state index contributed by atoms with van der Waals surface area (Å²) in [5.74, 6) is 0.00334. The minimum Gasteiger partial charge on any atom is -0.459 e. The third-order valence-electron chi connectivity index (χ3n) is 4.97. The molecule has 0 spiro atoms. The molecule has 0 fully saturated rings. The van der Waals surface area contributed by atoms with Gasteiger partial charge in [0.2, 0.25) is 0 Å². The van der Waals surface area contributed by atoms with Gasteiger partial charge in [-0.15, -0.1) is 0 Å². The number of fused-ring (bicyclic) bond motifs is 1. The monoisotopic (exact) mass is 386 g/mol. The minimum atomic E-state index is -0.251. The molecular formula is C24H22N2O3. The number of furan rings is 1. The number of nitrogens with one attached hydrogen (secondary N) is 1. The summed E-state index contributed by atoms with van der Waals surface area (Å²) in [7, 11) is 0. The lowest BCUT2D eigenvalue weighted by atomic mass is 10.0. The normalized spacial score (nSPS) is 11.0. The zero-order valence-electron chi connectivity index (χ0n) is 16.4. The van der Waals surface area contributed by atoms with E-state index in [9.17, 15) is 9.59 Å². The summed E-state index contributed by atoms with van der Waals surface area (Å²) in [5, 5.41) is 0.960. The summed E-state index contributed by atoms with van der Waals surface area (Å²) in [4.78, 5) is 30.4. The van der Waals surface area contributed by atoms with Crippen LogP contribution in [0.5, 0.6) is 0 Å². The number of carbonyl (C=O) groups is 1. The largest absolute Gasteiger partial charge is 0.459 e. The summed E-state index contributed by atoms with van der Waals surface area (Å²) in [6.07, 6.45) is 1.47. The van der Waals surface area contributed by atoms with E-state index in [1.807, 2.05) is 62.4 Å². The fourth-order valence-corrected chi connectivity index (χ4v) is 3.61. The minimum absolute atomic E-state index is 0.185. The molecule has 0 aliphatic rings. The van der Waals surface area contributed by atoms with Crippen LogP contribution in [0.3, 0.4) is 0 Å². The van der Waals surface area contributed by atoms with Crippen LogP contribution in [0.4, 0.5) is 0 Å². The number of hydrogen-bond donors (Lipinski definition) is 1. The third kappa shape index (κ3) is 3.99. The molecule has 0 bridgehead atoms. The van der Waals surface area contributed by atoms with E-state index in [0.29, 0.717) is 12.1 Å². The summed E-state index contributed by atoms with van der Waals surface area (Å²) >= 11 is 0. The van der Waals surface area contributed by atoms with E-state index in [1.54, 1.807) is 17.0 Å². The van der Waals surface area contributed by atoms with E-state index in [4.69, 9.17) is 4.42 Å². The van der Waals surface area contributed by atoms with E-state index in [1.165, 1.54) is 6.26 Å². The molecule has 1 amide bonds. The fraction of sp³-hybridized carbons (Fsp3) is 0.167. The molecular weight excluding hydrogens is 364 g/mol. The van der Waals surface area contributed by atoms with E-state index in [2.05, 4.69) is 4.98 Å². The zero-order valence-corrected chi connectivity index (χ0v) is 16.4. The first-order valence-electron chi connectivity index (χ1n) is 9.51. The van der Waals surface area contributed by atoms with Gasteiger partial charge in [0.15, 0.2) is 5.76 Å². The van der Waals surface area contributed by atoms with Crippen molar-refractivity contribution in [3.8, 4) is 0 Å². The Morgan fingerprint density at radius 2 is 1.79 bits per heavy atom. The number of aryl methyl sites for hydroxylation is 2. The SMILES string of the molecule is Cc1cc(C)c2[nH]c(=O)c(CN(Cc3ccccc3)C(=O)c3ccco3)cc2c1. The Morgan fingerprint density at radius 3 is 2.52 bits per heavy atom. The van der Waals surface area contributed by atoms with Gasteiger partial charge in [0.25, 0.3) is 11.5 Å². The first-order chi connectivity index (χ1) is 14.0. The van der Waals surface area contributed by atoms with E-state index in [0.717, 1.165) is 27.6 Å². The van der Waals surface area contributed by atoms with Crippen LogP contribution < -0.4 is 5.56 Å². The number of aromatic nitrogens is 1. The second-order valence-corrected chi connectivity index (χ2v) is 7.29. The van der Waals surface area contributed by atoms with Gasteiger partial charge in [-0.05, 0) is 54.6 Å². The third-order valence-corrected chi connectivity index (χ3v) is 4.97. The number of benzene rings is 2. The molecule has 146 valence electrons. The van der Waals surface area contributed by atoms with Gasteiger partial charge in [-0.2, -0.15) is 0 Å². The maximum atomic E-state index is 13.0. The Balaban J connectivity index is 1.72. The Bertz CT molecular complexity index is 1210. The van der Waals surface area contributed by atoms with Crippen LogP contribution in [0.25, 0.3) is 10.9 Å². The second-order valence-electron chi connectivity index (χ2n) is 7.29. The average molecular weight is 386 g/mol.